The van der Waals surface area contributed by atoms with Gasteiger partial charge in [0.25, 0.3) is 11.8 Å². The minimum Gasteiger partial charge on any atom is -0.493 e. The Hall–Kier alpha value is -3.71. The zero-order chi connectivity index (χ0) is 25.0. The number of amides is 2. The molecule has 0 aliphatic heterocycles. The molecule has 1 unspecified atom stereocenters. The van der Waals surface area contributed by atoms with Crippen LogP contribution in [-0.4, -0.2) is 23.5 Å². The van der Waals surface area contributed by atoms with Crippen molar-refractivity contribution in [3.8, 4) is 5.75 Å². The molecule has 0 fully saturated rings. The van der Waals surface area contributed by atoms with Crippen LogP contribution in [0.2, 0.25) is 0 Å². The van der Waals surface area contributed by atoms with Crippen molar-refractivity contribution in [1.82, 2.24) is 10.6 Å². The van der Waals surface area contributed by atoms with Crippen LogP contribution < -0.4 is 20.7 Å². The van der Waals surface area contributed by atoms with Gasteiger partial charge in [0.1, 0.15) is 5.75 Å². The first-order chi connectivity index (χ1) is 17.0. The van der Waals surface area contributed by atoms with Crippen molar-refractivity contribution in [2.24, 2.45) is 0 Å². The van der Waals surface area contributed by atoms with E-state index in [1.54, 1.807) is 42.5 Å². The number of hydrogen-bond acceptors (Lipinski definition) is 4. The Labute approximate surface area is 212 Å². The van der Waals surface area contributed by atoms with Crippen LogP contribution in [0, 0.1) is 0 Å². The van der Waals surface area contributed by atoms with Crippen molar-refractivity contribution in [1.29, 1.82) is 0 Å². The molecule has 6 nitrogen and oxygen atoms in total. The molecule has 3 N–H and O–H groups in total. The van der Waals surface area contributed by atoms with E-state index in [-0.39, 0.29) is 23.0 Å². The van der Waals surface area contributed by atoms with Crippen LogP contribution in [0.5, 0.6) is 5.75 Å². The average molecular weight is 490 g/mol. The predicted octanol–water partition coefficient (Wildman–Crippen LogP) is 5.87. The van der Waals surface area contributed by atoms with Gasteiger partial charge >= 0.3 is 0 Å². The number of para-hydroxylation sites is 1. The summed E-state index contributed by atoms with van der Waals surface area (Å²) in [6.07, 6.45) is 3.10. The van der Waals surface area contributed by atoms with Crippen molar-refractivity contribution in [2.45, 2.75) is 39.2 Å². The molecule has 2 amide bonds. The van der Waals surface area contributed by atoms with Crippen LogP contribution in [0.25, 0.3) is 0 Å². The zero-order valence-corrected chi connectivity index (χ0v) is 20.9. The molecule has 3 rings (SSSR count). The summed E-state index contributed by atoms with van der Waals surface area (Å²) < 4.78 is 5.80. The number of unbranched alkanes of at least 4 members (excludes halogenated alkanes) is 2. The molecule has 0 aromatic heterocycles. The van der Waals surface area contributed by atoms with Gasteiger partial charge in [-0.25, -0.2) is 0 Å². The van der Waals surface area contributed by atoms with Gasteiger partial charge in [0.2, 0.25) is 0 Å². The number of nitrogens with one attached hydrogen (secondary N) is 3. The summed E-state index contributed by atoms with van der Waals surface area (Å²) >= 11 is 5.34. The van der Waals surface area contributed by atoms with Gasteiger partial charge in [0.05, 0.1) is 18.2 Å². The summed E-state index contributed by atoms with van der Waals surface area (Å²) in [5.41, 5.74) is 2.52. The minimum atomic E-state index is -0.362. The molecular formula is C28H31N3O3S. The summed E-state index contributed by atoms with van der Waals surface area (Å²) in [7, 11) is 0. The van der Waals surface area contributed by atoms with E-state index in [2.05, 4.69) is 22.9 Å². The fourth-order valence-corrected chi connectivity index (χ4v) is 3.70. The fraction of sp³-hybridized carbons (Fsp3) is 0.250. The second-order valence-corrected chi connectivity index (χ2v) is 8.55. The van der Waals surface area contributed by atoms with E-state index in [0.29, 0.717) is 29.2 Å². The largest absolute Gasteiger partial charge is 0.493 e. The number of anilines is 1. The van der Waals surface area contributed by atoms with E-state index < -0.39 is 0 Å². The number of hydrogen-bond donors (Lipinski definition) is 3. The first kappa shape index (κ1) is 25.9. The fourth-order valence-electron chi connectivity index (χ4n) is 3.49. The summed E-state index contributed by atoms with van der Waals surface area (Å²) in [6.45, 7) is 4.62. The molecule has 7 heteroatoms. The molecule has 182 valence electrons. The predicted molar refractivity (Wildman–Crippen MR) is 144 cm³/mol. The maximum absolute atomic E-state index is 12.8. The smallest absolute Gasteiger partial charge is 0.261 e. The van der Waals surface area contributed by atoms with E-state index in [1.165, 1.54) is 0 Å². The first-order valence-electron chi connectivity index (χ1n) is 11.8. The highest BCUT2D eigenvalue weighted by Crippen LogP contribution is 2.19. The monoisotopic (exact) mass is 489 g/mol. The van der Waals surface area contributed by atoms with Gasteiger partial charge in [-0.05, 0) is 61.5 Å². The second kappa shape index (κ2) is 13.2. The van der Waals surface area contributed by atoms with Crippen LogP contribution in [0.3, 0.4) is 0 Å². The molecular weight excluding hydrogens is 458 g/mol. The lowest BCUT2D eigenvalue weighted by Gasteiger charge is -2.15. The van der Waals surface area contributed by atoms with E-state index in [1.807, 2.05) is 43.3 Å². The van der Waals surface area contributed by atoms with Crippen molar-refractivity contribution < 1.29 is 14.3 Å². The summed E-state index contributed by atoms with van der Waals surface area (Å²) in [6, 6.07) is 23.7. The number of carbonyl (C=O) groups excluding carboxylic acids is 2. The highest BCUT2D eigenvalue weighted by atomic mass is 32.1. The van der Waals surface area contributed by atoms with Crippen LogP contribution in [0.1, 0.15) is 65.4 Å². The van der Waals surface area contributed by atoms with E-state index in [4.69, 9.17) is 17.0 Å². The van der Waals surface area contributed by atoms with Crippen LogP contribution >= 0.6 is 12.2 Å². The third-order valence-corrected chi connectivity index (χ3v) is 5.60. The van der Waals surface area contributed by atoms with Gasteiger partial charge in [-0.2, -0.15) is 0 Å². The highest BCUT2D eigenvalue weighted by Gasteiger charge is 2.15. The van der Waals surface area contributed by atoms with Crippen molar-refractivity contribution in [3.63, 3.8) is 0 Å². The first-order valence-corrected chi connectivity index (χ1v) is 12.2. The number of rotatable bonds is 10. The molecule has 0 aliphatic rings. The third kappa shape index (κ3) is 7.93. The number of benzene rings is 3. The van der Waals surface area contributed by atoms with Crippen LogP contribution in [0.4, 0.5) is 5.69 Å². The molecule has 0 bridgehead atoms. The summed E-state index contributed by atoms with van der Waals surface area (Å²) in [4.78, 5) is 25.5. The van der Waals surface area contributed by atoms with Crippen LogP contribution in [0.15, 0.2) is 78.9 Å². The third-order valence-electron chi connectivity index (χ3n) is 5.39. The Morgan fingerprint density at radius 1 is 0.914 bits per heavy atom. The Kier molecular flexibility index (Phi) is 9.80. The van der Waals surface area contributed by atoms with Crippen LogP contribution in [-0.2, 0) is 0 Å². The highest BCUT2D eigenvalue weighted by molar-refractivity contribution is 7.80. The van der Waals surface area contributed by atoms with E-state index in [9.17, 15) is 9.59 Å². The minimum absolute atomic E-state index is 0.131. The summed E-state index contributed by atoms with van der Waals surface area (Å²) in [5.74, 6) is -0.0385. The quantitative estimate of drug-likeness (QED) is 0.245. The zero-order valence-electron chi connectivity index (χ0n) is 20.0. The maximum Gasteiger partial charge on any atom is 0.261 e. The lowest BCUT2D eigenvalue weighted by atomic mass is 10.1. The molecule has 3 aromatic rings. The molecule has 0 heterocycles. The molecule has 0 radical (unpaired) electrons. The van der Waals surface area contributed by atoms with Gasteiger partial charge in [-0.3, -0.25) is 14.9 Å². The Bertz CT molecular complexity index is 1150. The molecule has 1 atom stereocenters. The molecule has 0 spiro atoms. The van der Waals surface area contributed by atoms with Gasteiger partial charge < -0.3 is 15.4 Å². The van der Waals surface area contributed by atoms with E-state index >= 15 is 0 Å². The van der Waals surface area contributed by atoms with Gasteiger partial charge in [0.15, 0.2) is 5.11 Å². The Morgan fingerprint density at radius 3 is 2.43 bits per heavy atom. The van der Waals surface area contributed by atoms with E-state index in [0.717, 1.165) is 24.8 Å². The van der Waals surface area contributed by atoms with Crippen molar-refractivity contribution in [2.75, 3.05) is 11.9 Å². The Morgan fingerprint density at radius 2 is 1.66 bits per heavy atom. The number of carbonyl (C=O) groups is 2. The van der Waals surface area contributed by atoms with Gasteiger partial charge in [0, 0.05) is 11.3 Å². The SMILES string of the molecule is CCCCCOc1ccccc1C(=O)NC(=S)Nc1cccc(C(=O)NC(C)c2ccccc2)c1. The van der Waals surface area contributed by atoms with Crippen molar-refractivity contribution >= 4 is 34.8 Å². The Balaban J connectivity index is 1.58. The molecule has 0 saturated heterocycles. The summed E-state index contributed by atoms with van der Waals surface area (Å²) in [5, 5.41) is 8.80. The standard InChI is InChI=1S/C28H31N3O3S/c1-3-4-10-18-34-25-17-9-8-16-24(25)27(33)31-28(35)30-23-15-11-14-22(19-23)26(32)29-20(2)21-12-6-5-7-13-21/h5-9,11-17,19-20H,3-4,10,18H2,1-2H3,(H,29,32)(H2,30,31,33,35). The lowest BCUT2D eigenvalue weighted by Crippen LogP contribution is -2.34. The van der Waals surface area contributed by atoms with Crippen molar-refractivity contribution in [3.05, 3.63) is 95.6 Å². The average Bonchev–Trinajstić information content (AvgIpc) is 2.87. The molecule has 35 heavy (non-hydrogen) atoms. The number of thiocarbonyl (C=S) groups is 1. The second-order valence-electron chi connectivity index (χ2n) is 8.15. The lowest BCUT2D eigenvalue weighted by molar-refractivity contribution is 0.0937. The maximum atomic E-state index is 12.8. The number of ether oxygens (including phenoxy) is 1. The van der Waals surface area contributed by atoms with Gasteiger partial charge in [-0.1, -0.05) is 68.3 Å². The van der Waals surface area contributed by atoms with Gasteiger partial charge in [-0.15, -0.1) is 0 Å². The molecule has 0 aliphatic carbocycles. The molecule has 3 aromatic carbocycles. The molecule has 0 saturated carbocycles. The normalized spacial score (nSPS) is 11.3. The topological polar surface area (TPSA) is 79.5 Å².